The monoisotopic (exact) mass is 194 g/mol. The second kappa shape index (κ2) is 3.31. The fourth-order valence-corrected chi connectivity index (χ4v) is 1.32. The summed E-state index contributed by atoms with van der Waals surface area (Å²) in [6, 6.07) is -1.47. The van der Waals surface area contributed by atoms with E-state index in [1.54, 1.807) is 18.1 Å². The Balaban J connectivity index is 2.85. The number of rotatable bonds is 0. The SMILES string of the molecule is CC1C=CC(C(F)(F)F)N(C)N1C. The normalized spacial score (nSPS) is 32.5. The highest BCUT2D eigenvalue weighted by molar-refractivity contribution is 5.05. The molecule has 2 nitrogen and oxygen atoms in total. The van der Waals surface area contributed by atoms with E-state index in [0.717, 1.165) is 0 Å². The van der Waals surface area contributed by atoms with Crippen molar-refractivity contribution in [2.24, 2.45) is 0 Å². The average molecular weight is 194 g/mol. The lowest BCUT2D eigenvalue weighted by Crippen LogP contribution is -2.55. The molecule has 0 aromatic rings. The van der Waals surface area contributed by atoms with E-state index in [1.165, 1.54) is 18.1 Å². The topological polar surface area (TPSA) is 6.48 Å². The van der Waals surface area contributed by atoms with E-state index in [2.05, 4.69) is 0 Å². The molecule has 0 aromatic carbocycles. The lowest BCUT2D eigenvalue weighted by molar-refractivity contribution is -0.204. The quantitative estimate of drug-likeness (QED) is 0.541. The lowest BCUT2D eigenvalue weighted by atomic mass is 10.1. The van der Waals surface area contributed by atoms with Crippen LogP contribution in [0.1, 0.15) is 6.92 Å². The Labute approximate surface area is 75.6 Å². The largest absolute Gasteiger partial charge is 0.408 e. The highest BCUT2D eigenvalue weighted by atomic mass is 19.4. The molecule has 2 atom stereocenters. The first-order valence-electron chi connectivity index (χ1n) is 4.04. The first-order chi connectivity index (χ1) is 5.84. The van der Waals surface area contributed by atoms with Crippen molar-refractivity contribution >= 4 is 0 Å². The summed E-state index contributed by atoms with van der Waals surface area (Å²) in [5.74, 6) is 0. The Kier molecular flexibility index (Phi) is 2.68. The molecule has 0 aliphatic carbocycles. The van der Waals surface area contributed by atoms with Crippen LogP contribution in [0.5, 0.6) is 0 Å². The van der Waals surface area contributed by atoms with Crippen molar-refractivity contribution in [3.8, 4) is 0 Å². The number of hydrogen-bond donors (Lipinski definition) is 0. The van der Waals surface area contributed by atoms with Gasteiger partial charge in [0.2, 0.25) is 0 Å². The zero-order valence-corrected chi connectivity index (χ0v) is 7.84. The van der Waals surface area contributed by atoms with Crippen LogP contribution >= 0.6 is 0 Å². The fraction of sp³-hybridized carbons (Fsp3) is 0.750. The second-order valence-corrected chi connectivity index (χ2v) is 3.26. The standard InChI is InChI=1S/C8H13F3N2/c1-6-4-5-7(8(9,10)11)13(3)12(6)2/h4-7H,1-3H3. The van der Waals surface area contributed by atoms with Gasteiger partial charge in [0.25, 0.3) is 0 Å². The van der Waals surface area contributed by atoms with Gasteiger partial charge in [-0.1, -0.05) is 12.2 Å². The molecule has 0 spiro atoms. The number of hydrogen-bond acceptors (Lipinski definition) is 2. The summed E-state index contributed by atoms with van der Waals surface area (Å²) >= 11 is 0. The molecular formula is C8H13F3N2. The molecule has 0 aromatic heterocycles. The second-order valence-electron chi connectivity index (χ2n) is 3.26. The molecule has 76 valence electrons. The van der Waals surface area contributed by atoms with E-state index >= 15 is 0 Å². The third-order valence-electron chi connectivity index (χ3n) is 2.40. The van der Waals surface area contributed by atoms with E-state index in [-0.39, 0.29) is 6.04 Å². The molecule has 0 saturated heterocycles. The molecule has 1 aliphatic rings. The predicted octanol–water partition coefficient (Wildman–Crippen LogP) is 1.65. The molecule has 0 amide bonds. The van der Waals surface area contributed by atoms with E-state index < -0.39 is 12.2 Å². The van der Waals surface area contributed by atoms with Gasteiger partial charge in [-0.3, -0.25) is 0 Å². The van der Waals surface area contributed by atoms with Gasteiger partial charge in [0.05, 0.1) is 0 Å². The summed E-state index contributed by atoms with van der Waals surface area (Å²) in [5.41, 5.74) is 0. The first kappa shape index (κ1) is 10.5. The van der Waals surface area contributed by atoms with Crippen molar-refractivity contribution in [3.05, 3.63) is 12.2 Å². The van der Waals surface area contributed by atoms with Crippen LogP contribution < -0.4 is 0 Å². The molecule has 5 heteroatoms. The first-order valence-corrected chi connectivity index (χ1v) is 4.04. The third kappa shape index (κ3) is 2.03. The van der Waals surface area contributed by atoms with Gasteiger partial charge in [0.1, 0.15) is 6.04 Å². The summed E-state index contributed by atoms with van der Waals surface area (Å²) in [6.45, 7) is 1.85. The fourth-order valence-electron chi connectivity index (χ4n) is 1.32. The van der Waals surface area contributed by atoms with Crippen molar-refractivity contribution < 1.29 is 13.2 Å². The summed E-state index contributed by atoms with van der Waals surface area (Å²) in [6.07, 6.45) is -1.43. The Morgan fingerprint density at radius 2 is 1.62 bits per heavy atom. The Morgan fingerprint density at radius 3 is 2.08 bits per heavy atom. The van der Waals surface area contributed by atoms with Gasteiger partial charge in [0, 0.05) is 20.1 Å². The van der Waals surface area contributed by atoms with E-state index in [1.807, 2.05) is 6.92 Å². The molecule has 1 heterocycles. The van der Waals surface area contributed by atoms with Crippen LogP contribution in [0.3, 0.4) is 0 Å². The Bertz CT molecular complexity index is 212. The van der Waals surface area contributed by atoms with Crippen molar-refractivity contribution in [2.45, 2.75) is 25.2 Å². The minimum absolute atomic E-state index is 0.0172. The number of nitrogens with zero attached hydrogens (tertiary/aromatic N) is 2. The number of likely N-dealkylation sites (N-methyl/N-ethyl adjacent to an activating group) is 2. The molecule has 1 rings (SSSR count). The highest BCUT2D eigenvalue weighted by Gasteiger charge is 2.43. The van der Waals surface area contributed by atoms with Gasteiger partial charge >= 0.3 is 6.18 Å². The average Bonchev–Trinajstić information content (AvgIpc) is 1.98. The minimum atomic E-state index is -4.19. The van der Waals surface area contributed by atoms with Gasteiger partial charge in [0.15, 0.2) is 0 Å². The van der Waals surface area contributed by atoms with Crippen molar-refractivity contribution in [1.29, 1.82) is 0 Å². The summed E-state index contributed by atoms with van der Waals surface area (Å²) in [7, 11) is 3.09. The Morgan fingerprint density at radius 1 is 1.08 bits per heavy atom. The van der Waals surface area contributed by atoms with Gasteiger partial charge in [-0.05, 0) is 6.92 Å². The maximum absolute atomic E-state index is 12.4. The van der Waals surface area contributed by atoms with Crippen LogP contribution in [0.25, 0.3) is 0 Å². The van der Waals surface area contributed by atoms with Crippen LogP contribution in [-0.2, 0) is 0 Å². The van der Waals surface area contributed by atoms with Crippen LogP contribution in [0.15, 0.2) is 12.2 Å². The molecule has 13 heavy (non-hydrogen) atoms. The Hall–Kier alpha value is -0.550. The van der Waals surface area contributed by atoms with Gasteiger partial charge in [-0.2, -0.15) is 13.2 Å². The van der Waals surface area contributed by atoms with Crippen molar-refractivity contribution in [2.75, 3.05) is 14.1 Å². The van der Waals surface area contributed by atoms with E-state index in [9.17, 15) is 13.2 Å². The summed E-state index contributed by atoms with van der Waals surface area (Å²) in [5, 5.41) is 2.77. The summed E-state index contributed by atoms with van der Waals surface area (Å²) in [4.78, 5) is 0. The van der Waals surface area contributed by atoms with Crippen LogP contribution in [0, 0.1) is 0 Å². The maximum Gasteiger partial charge on any atom is 0.408 e. The van der Waals surface area contributed by atoms with Crippen LogP contribution in [0.2, 0.25) is 0 Å². The molecule has 2 unspecified atom stereocenters. The highest BCUT2D eigenvalue weighted by Crippen LogP contribution is 2.28. The van der Waals surface area contributed by atoms with Crippen LogP contribution in [0.4, 0.5) is 13.2 Å². The molecule has 0 radical (unpaired) electrons. The van der Waals surface area contributed by atoms with Crippen LogP contribution in [-0.4, -0.2) is 42.4 Å². The van der Waals surface area contributed by atoms with Gasteiger partial charge in [-0.15, -0.1) is 0 Å². The predicted molar refractivity (Wildman–Crippen MR) is 44.0 cm³/mol. The van der Waals surface area contributed by atoms with Crippen molar-refractivity contribution in [3.63, 3.8) is 0 Å². The molecule has 0 saturated carbocycles. The zero-order chi connectivity index (χ0) is 10.2. The lowest BCUT2D eigenvalue weighted by Gasteiger charge is -2.40. The molecule has 0 fully saturated rings. The molecular weight excluding hydrogens is 181 g/mol. The van der Waals surface area contributed by atoms with Gasteiger partial charge < -0.3 is 0 Å². The van der Waals surface area contributed by atoms with E-state index in [0.29, 0.717) is 0 Å². The molecule has 0 N–H and O–H groups in total. The third-order valence-corrected chi connectivity index (χ3v) is 2.40. The zero-order valence-electron chi connectivity index (χ0n) is 7.84. The number of alkyl halides is 3. The number of hydrazine groups is 1. The maximum atomic E-state index is 12.4. The smallest absolute Gasteiger partial charge is 0.238 e. The number of halogens is 3. The van der Waals surface area contributed by atoms with Gasteiger partial charge in [-0.25, -0.2) is 10.0 Å². The summed E-state index contributed by atoms with van der Waals surface area (Å²) < 4.78 is 37.1. The molecule has 0 bridgehead atoms. The molecule has 1 aliphatic heterocycles. The van der Waals surface area contributed by atoms with E-state index in [4.69, 9.17) is 0 Å². The van der Waals surface area contributed by atoms with Crippen molar-refractivity contribution in [1.82, 2.24) is 10.0 Å². The minimum Gasteiger partial charge on any atom is -0.238 e.